The van der Waals surface area contributed by atoms with Crippen LogP contribution >= 0.6 is 15.9 Å². The third kappa shape index (κ3) is 4.81. The summed E-state index contributed by atoms with van der Waals surface area (Å²) in [6.45, 7) is 5.45. The normalized spacial score (nSPS) is 19.7. The molecule has 1 aliphatic carbocycles. The van der Waals surface area contributed by atoms with Crippen molar-refractivity contribution in [3.05, 3.63) is 40.0 Å². The molecule has 1 fully saturated rings. The van der Waals surface area contributed by atoms with Gasteiger partial charge in [-0.25, -0.2) is 4.98 Å². The van der Waals surface area contributed by atoms with Gasteiger partial charge in [0.1, 0.15) is 5.82 Å². The Balaban J connectivity index is 1.81. The number of hydrogen-bond acceptors (Lipinski definition) is 6. The van der Waals surface area contributed by atoms with Crippen LogP contribution in [0.4, 0.5) is 17.5 Å². The standard InChI is InChI=1S/C21H26BrN5O/c1-13-12-24-20(25-15-8-9-17(22)16(10-15)21(2,3)28)27-19(13)26-18-7-5-4-6-14(18)11-23/h8-10,12,14,18,28H,4-7H2,1-3H3,(H2,24,25,26,27)/t14-,18+/m0/s1. The van der Waals surface area contributed by atoms with E-state index < -0.39 is 5.60 Å². The van der Waals surface area contributed by atoms with Crippen LogP contribution in [0.2, 0.25) is 0 Å². The van der Waals surface area contributed by atoms with Crippen molar-refractivity contribution in [2.45, 2.75) is 58.1 Å². The van der Waals surface area contributed by atoms with Crippen molar-refractivity contribution in [3.63, 3.8) is 0 Å². The van der Waals surface area contributed by atoms with Gasteiger partial charge >= 0.3 is 0 Å². The Hall–Kier alpha value is -2.17. The Kier molecular flexibility index (Phi) is 6.21. The topological polar surface area (TPSA) is 93.9 Å². The summed E-state index contributed by atoms with van der Waals surface area (Å²) in [5.41, 5.74) is 1.55. The van der Waals surface area contributed by atoms with Gasteiger partial charge in [-0.05, 0) is 57.4 Å². The Labute approximate surface area is 174 Å². The molecule has 0 radical (unpaired) electrons. The smallest absolute Gasteiger partial charge is 0.229 e. The third-order valence-corrected chi connectivity index (χ3v) is 5.80. The fraction of sp³-hybridized carbons (Fsp3) is 0.476. The van der Waals surface area contributed by atoms with E-state index in [1.807, 2.05) is 25.1 Å². The van der Waals surface area contributed by atoms with Crippen molar-refractivity contribution in [2.24, 2.45) is 5.92 Å². The summed E-state index contributed by atoms with van der Waals surface area (Å²) in [6, 6.07) is 8.22. The minimum absolute atomic E-state index is 0.0142. The van der Waals surface area contributed by atoms with Crippen molar-refractivity contribution in [2.75, 3.05) is 10.6 Å². The molecule has 3 rings (SSSR count). The highest BCUT2D eigenvalue weighted by molar-refractivity contribution is 9.10. The number of halogens is 1. The van der Waals surface area contributed by atoms with E-state index in [0.717, 1.165) is 52.8 Å². The first kappa shape index (κ1) is 20.6. The number of anilines is 3. The average Bonchev–Trinajstić information content (AvgIpc) is 2.65. The van der Waals surface area contributed by atoms with E-state index >= 15 is 0 Å². The van der Waals surface area contributed by atoms with E-state index in [2.05, 4.69) is 42.6 Å². The van der Waals surface area contributed by atoms with Crippen LogP contribution in [-0.2, 0) is 5.60 Å². The van der Waals surface area contributed by atoms with Gasteiger partial charge < -0.3 is 15.7 Å². The van der Waals surface area contributed by atoms with Gasteiger partial charge in [-0.3, -0.25) is 0 Å². The molecule has 0 unspecified atom stereocenters. The number of nitrogens with zero attached hydrogens (tertiary/aromatic N) is 3. The second kappa shape index (κ2) is 8.46. The molecule has 0 bridgehead atoms. The number of nitrogens with one attached hydrogen (secondary N) is 2. The molecule has 0 saturated heterocycles. The molecule has 1 heterocycles. The quantitative estimate of drug-likeness (QED) is 0.600. The third-order valence-electron chi connectivity index (χ3n) is 5.11. The highest BCUT2D eigenvalue weighted by Crippen LogP contribution is 2.32. The Bertz CT molecular complexity index is 887. The maximum absolute atomic E-state index is 10.3. The molecule has 3 N–H and O–H groups in total. The maximum atomic E-state index is 10.3. The lowest BCUT2D eigenvalue weighted by atomic mass is 9.85. The van der Waals surface area contributed by atoms with E-state index in [9.17, 15) is 10.4 Å². The number of nitriles is 1. The van der Waals surface area contributed by atoms with E-state index in [-0.39, 0.29) is 12.0 Å². The SMILES string of the molecule is Cc1cnc(Nc2ccc(Br)c(C(C)(C)O)c2)nc1N[C@@H]1CCCC[C@H]1C#N. The van der Waals surface area contributed by atoms with E-state index in [1.54, 1.807) is 20.0 Å². The molecule has 0 amide bonds. The van der Waals surface area contributed by atoms with Gasteiger partial charge in [-0.15, -0.1) is 0 Å². The van der Waals surface area contributed by atoms with Crippen LogP contribution in [0.3, 0.4) is 0 Å². The molecule has 0 spiro atoms. The van der Waals surface area contributed by atoms with Crippen molar-refractivity contribution in [3.8, 4) is 6.07 Å². The molecule has 2 aromatic rings. The van der Waals surface area contributed by atoms with Crippen molar-refractivity contribution >= 4 is 33.4 Å². The highest BCUT2D eigenvalue weighted by atomic mass is 79.9. The number of aryl methyl sites for hydroxylation is 1. The molecule has 6 nitrogen and oxygen atoms in total. The first-order valence-corrected chi connectivity index (χ1v) is 10.4. The number of rotatable bonds is 5. The molecule has 2 atom stereocenters. The van der Waals surface area contributed by atoms with E-state index in [1.165, 1.54) is 0 Å². The van der Waals surface area contributed by atoms with Crippen molar-refractivity contribution < 1.29 is 5.11 Å². The van der Waals surface area contributed by atoms with Crippen LogP contribution in [0.15, 0.2) is 28.9 Å². The van der Waals surface area contributed by atoms with Gasteiger partial charge in [-0.1, -0.05) is 28.8 Å². The lowest BCUT2D eigenvalue weighted by Crippen LogP contribution is -2.32. The highest BCUT2D eigenvalue weighted by Gasteiger charge is 2.25. The van der Waals surface area contributed by atoms with Gasteiger partial charge in [-0.2, -0.15) is 10.2 Å². The Morgan fingerprint density at radius 3 is 2.75 bits per heavy atom. The number of aromatic nitrogens is 2. The first-order chi connectivity index (χ1) is 13.3. The molecule has 28 heavy (non-hydrogen) atoms. The summed E-state index contributed by atoms with van der Waals surface area (Å²) in [5, 5.41) is 26.4. The van der Waals surface area contributed by atoms with Gasteiger partial charge in [0.05, 0.1) is 17.6 Å². The van der Waals surface area contributed by atoms with Crippen LogP contribution < -0.4 is 10.6 Å². The first-order valence-electron chi connectivity index (χ1n) is 9.57. The molecule has 148 valence electrons. The molecule has 1 saturated carbocycles. The number of hydrogen-bond donors (Lipinski definition) is 3. The minimum atomic E-state index is -0.968. The zero-order chi connectivity index (χ0) is 20.3. The van der Waals surface area contributed by atoms with E-state index in [4.69, 9.17) is 0 Å². The van der Waals surface area contributed by atoms with Crippen LogP contribution in [-0.4, -0.2) is 21.1 Å². The summed E-state index contributed by atoms with van der Waals surface area (Å²) in [4.78, 5) is 9.01. The number of aliphatic hydroxyl groups is 1. The van der Waals surface area contributed by atoms with Crippen LogP contribution in [0.5, 0.6) is 0 Å². The monoisotopic (exact) mass is 443 g/mol. The summed E-state index contributed by atoms with van der Waals surface area (Å²) >= 11 is 3.49. The lowest BCUT2D eigenvalue weighted by Gasteiger charge is -2.28. The fourth-order valence-corrected chi connectivity index (χ4v) is 4.21. The second-order valence-corrected chi connectivity index (χ2v) is 8.73. The van der Waals surface area contributed by atoms with Crippen LogP contribution in [0.1, 0.15) is 50.7 Å². The van der Waals surface area contributed by atoms with Crippen molar-refractivity contribution in [1.29, 1.82) is 5.26 Å². The molecular formula is C21H26BrN5O. The van der Waals surface area contributed by atoms with Crippen molar-refractivity contribution in [1.82, 2.24) is 9.97 Å². The second-order valence-electron chi connectivity index (χ2n) is 7.87. The molecule has 7 heteroatoms. The van der Waals surface area contributed by atoms with Gasteiger partial charge in [0.15, 0.2) is 0 Å². The van der Waals surface area contributed by atoms with Crippen LogP contribution in [0.25, 0.3) is 0 Å². The zero-order valence-corrected chi connectivity index (χ0v) is 18.0. The largest absolute Gasteiger partial charge is 0.386 e. The van der Waals surface area contributed by atoms with Gasteiger partial charge in [0.25, 0.3) is 0 Å². The fourth-order valence-electron chi connectivity index (χ4n) is 3.48. The molecule has 1 aliphatic rings. The Morgan fingerprint density at radius 2 is 2.04 bits per heavy atom. The van der Waals surface area contributed by atoms with Gasteiger partial charge in [0.2, 0.25) is 5.95 Å². The molecule has 1 aromatic heterocycles. The van der Waals surface area contributed by atoms with Gasteiger partial charge in [0, 0.05) is 28.0 Å². The molecular weight excluding hydrogens is 418 g/mol. The predicted octanol–water partition coefficient (Wildman–Crippen LogP) is 5.01. The summed E-state index contributed by atoms with van der Waals surface area (Å²) in [6.07, 6.45) is 5.93. The molecule has 1 aromatic carbocycles. The predicted molar refractivity (Wildman–Crippen MR) is 114 cm³/mol. The maximum Gasteiger partial charge on any atom is 0.229 e. The summed E-state index contributed by atoms with van der Waals surface area (Å²) in [5.74, 6) is 1.24. The average molecular weight is 444 g/mol. The lowest BCUT2D eigenvalue weighted by molar-refractivity contribution is 0.0779. The van der Waals surface area contributed by atoms with Crippen LogP contribution in [0, 0.1) is 24.2 Å². The summed E-state index contributed by atoms with van der Waals surface area (Å²) < 4.78 is 0.845. The minimum Gasteiger partial charge on any atom is -0.386 e. The zero-order valence-electron chi connectivity index (χ0n) is 16.5. The van der Waals surface area contributed by atoms with E-state index in [0.29, 0.717) is 5.95 Å². The Morgan fingerprint density at radius 1 is 1.29 bits per heavy atom. The number of benzene rings is 1. The summed E-state index contributed by atoms with van der Waals surface area (Å²) in [7, 11) is 0. The molecule has 0 aliphatic heterocycles.